The number of carbonyl (C=O) groups excluding carboxylic acids is 1. The molecule has 7 heteroatoms. The minimum Gasteiger partial charge on any atom is -0.486 e. The van der Waals surface area contributed by atoms with Gasteiger partial charge in [-0.3, -0.25) is 0 Å². The Morgan fingerprint density at radius 2 is 1.62 bits per heavy atom. The van der Waals surface area contributed by atoms with Crippen LogP contribution in [0.3, 0.4) is 0 Å². The minimum atomic E-state index is -0.555. The number of rotatable bonds is 3. The average Bonchev–Trinajstić information content (AvgIpc) is 2.74. The Labute approximate surface area is 170 Å². The number of carbonyl (C=O) groups is 1. The van der Waals surface area contributed by atoms with Crippen LogP contribution in [0.1, 0.15) is 19.4 Å². The van der Waals surface area contributed by atoms with Gasteiger partial charge in [0.1, 0.15) is 19.0 Å². The van der Waals surface area contributed by atoms with E-state index in [9.17, 15) is 9.18 Å². The molecule has 6 nitrogen and oxygen atoms in total. The normalized spacial score (nSPS) is 16.5. The summed E-state index contributed by atoms with van der Waals surface area (Å²) in [5.41, 5.74) is 1.38. The zero-order chi connectivity index (χ0) is 20.4. The molecule has 1 fully saturated rings. The van der Waals surface area contributed by atoms with Crippen LogP contribution in [0.5, 0.6) is 11.5 Å². The molecule has 29 heavy (non-hydrogen) atoms. The quantitative estimate of drug-likeness (QED) is 0.860. The topological polar surface area (TPSA) is 54.0 Å². The van der Waals surface area contributed by atoms with Crippen molar-refractivity contribution in [2.45, 2.75) is 19.4 Å². The summed E-state index contributed by atoms with van der Waals surface area (Å²) in [5, 5.41) is 3.13. The van der Waals surface area contributed by atoms with E-state index >= 15 is 0 Å². The highest BCUT2D eigenvalue weighted by molar-refractivity contribution is 5.75. The molecule has 0 bridgehead atoms. The lowest BCUT2D eigenvalue weighted by molar-refractivity contribution is 0.170. The Balaban J connectivity index is 1.37. The smallest absolute Gasteiger partial charge is 0.318 e. The number of urea groups is 1. The number of ether oxygens (including phenoxy) is 2. The number of anilines is 1. The molecular formula is C22H26FN3O3. The summed E-state index contributed by atoms with van der Waals surface area (Å²) in [7, 11) is 0. The van der Waals surface area contributed by atoms with E-state index in [1.54, 1.807) is 12.1 Å². The number of fused-ring (bicyclic) bond motifs is 1. The first-order valence-corrected chi connectivity index (χ1v) is 9.90. The molecule has 0 aliphatic carbocycles. The van der Waals surface area contributed by atoms with Crippen LogP contribution in [0, 0.1) is 5.82 Å². The number of benzene rings is 2. The molecule has 1 saturated heterocycles. The highest BCUT2D eigenvalue weighted by Gasteiger charge is 2.29. The fraction of sp³-hybridized carbons (Fsp3) is 0.409. The zero-order valence-electron chi connectivity index (χ0n) is 16.8. The van der Waals surface area contributed by atoms with Crippen LogP contribution in [0.25, 0.3) is 0 Å². The molecule has 4 rings (SSSR count). The van der Waals surface area contributed by atoms with Gasteiger partial charge in [0.05, 0.1) is 5.54 Å². The second kappa shape index (κ2) is 7.81. The van der Waals surface area contributed by atoms with Gasteiger partial charge in [-0.2, -0.15) is 0 Å². The number of amides is 2. The van der Waals surface area contributed by atoms with Crippen molar-refractivity contribution in [2.24, 2.45) is 0 Å². The molecular weight excluding hydrogens is 373 g/mol. The Kier molecular flexibility index (Phi) is 5.22. The third-order valence-electron chi connectivity index (χ3n) is 5.44. The van der Waals surface area contributed by atoms with E-state index in [0.29, 0.717) is 45.1 Å². The van der Waals surface area contributed by atoms with Crippen molar-refractivity contribution >= 4 is 11.7 Å². The predicted octanol–water partition coefficient (Wildman–Crippen LogP) is 3.36. The molecule has 2 amide bonds. The van der Waals surface area contributed by atoms with E-state index in [0.717, 1.165) is 17.0 Å². The number of piperazine rings is 1. The first-order chi connectivity index (χ1) is 13.9. The monoisotopic (exact) mass is 399 g/mol. The number of hydrogen-bond donors (Lipinski definition) is 1. The van der Waals surface area contributed by atoms with Gasteiger partial charge in [-0.15, -0.1) is 0 Å². The third kappa shape index (κ3) is 4.23. The first kappa shape index (κ1) is 19.4. The fourth-order valence-corrected chi connectivity index (χ4v) is 3.67. The second-order valence-electron chi connectivity index (χ2n) is 7.86. The Bertz CT molecular complexity index is 877. The summed E-state index contributed by atoms with van der Waals surface area (Å²) < 4.78 is 24.4. The van der Waals surface area contributed by atoms with Crippen molar-refractivity contribution in [3.63, 3.8) is 0 Å². The maximum atomic E-state index is 13.1. The highest BCUT2D eigenvalue weighted by Crippen LogP contribution is 2.34. The highest BCUT2D eigenvalue weighted by atomic mass is 19.1. The standard InChI is InChI=1S/C22H26FN3O3/c1-22(2,16-3-8-19-20(15-16)29-14-13-28-19)24-21(27)26-11-9-25(10-12-26)18-6-4-17(23)5-7-18/h3-8,15H,9-14H2,1-2H3,(H,24,27). The van der Waals surface area contributed by atoms with Crippen LogP contribution in [0.4, 0.5) is 14.9 Å². The van der Waals surface area contributed by atoms with Gasteiger partial charge in [0.2, 0.25) is 0 Å². The van der Waals surface area contributed by atoms with Crippen LogP contribution < -0.4 is 19.7 Å². The van der Waals surface area contributed by atoms with Gasteiger partial charge in [0.15, 0.2) is 11.5 Å². The summed E-state index contributed by atoms with van der Waals surface area (Å²) in [4.78, 5) is 16.8. The molecule has 0 atom stereocenters. The van der Waals surface area contributed by atoms with E-state index in [-0.39, 0.29) is 11.8 Å². The molecule has 2 aliphatic rings. The Morgan fingerprint density at radius 3 is 2.31 bits per heavy atom. The lowest BCUT2D eigenvalue weighted by Crippen LogP contribution is -2.55. The summed E-state index contributed by atoms with van der Waals surface area (Å²) >= 11 is 0. The minimum absolute atomic E-state index is 0.0938. The van der Waals surface area contributed by atoms with Crippen molar-refractivity contribution < 1.29 is 18.7 Å². The molecule has 0 saturated carbocycles. The van der Waals surface area contributed by atoms with Crippen molar-refractivity contribution in [1.82, 2.24) is 10.2 Å². The second-order valence-corrected chi connectivity index (χ2v) is 7.86. The maximum Gasteiger partial charge on any atom is 0.318 e. The molecule has 0 radical (unpaired) electrons. The van der Waals surface area contributed by atoms with E-state index in [1.165, 1.54) is 12.1 Å². The van der Waals surface area contributed by atoms with Crippen LogP contribution >= 0.6 is 0 Å². The number of nitrogens with zero attached hydrogens (tertiary/aromatic N) is 2. The van der Waals surface area contributed by atoms with Crippen molar-refractivity contribution in [1.29, 1.82) is 0 Å². The van der Waals surface area contributed by atoms with Gasteiger partial charge in [0.25, 0.3) is 0 Å². The van der Waals surface area contributed by atoms with E-state index in [2.05, 4.69) is 10.2 Å². The van der Waals surface area contributed by atoms with E-state index in [4.69, 9.17) is 9.47 Å². The van der Waals surface area contributed by atoms with Crippen LogP contribution in [-0.2, 0) is 5.54 Å². The van der Waals surface area contributed by atoms with Crippen molar-refractivity contribution in [3.05, 3.63) is 53.8 Å². The SMILES string of the molecule is CC(C)(NC(=O)N1CCN(c2ccc(F)cc2)CC1)c1ccc2c(c1)OCCO2. The van der Waals surface area contributed by atoms with Gasteiger partial charge >= 0.3 is 6.03 Å². The Hall–Kier alpha value is -2.96. The molecule has 2 aliphatic heterocycles. The summed E-state index contributed by atoms with van der Waals surface area (Å²) in [5.74, 6) is 1.20. The van der Waals surface area contributed by atoms with Gasteiger partial charge in [-0.1, -0.05) is 6.07 Å². The molecule has 0 unspecified atom stereocenters. The Morgan fingerprint density at radius 1 is 0.966 bits per heavy atom. The lowest BCUT2D eigenvalue weighted by atomic mass is 9.94. The summed E-state index contributed by atoms with van der Waals surface area (Å²) in [6, 6.07) is 12.2. The van der Waals surface area contributed by atoms with Crippen molar-refractivity contribution in [3.8, 4) is 11.5 Å². The predicted molar refractivity (Wildman–Crippen MR) is 109 cm³/mol. The lowest BCUT2D eigenvalue weighted by Gasteiger charge is -2.38. The molecule has 1 N–H and O–H groups in total. The van der Waals surface area contributed by atoms with Crippen LogP contribution in [-0.4, -0.2) is 50.3 Å². The molecule has 0 aromatic heterocycles. The maximum absolute atomic E-state index is 13.1. The molecule has 0 spiro atoms. The molecule has 2 heterocycles. The van der Waals surface area contributed by atoms with E-state index < -0.39 is 5.54 Å². The van der Waals surface area contributed by atoms with Gasteiger partial charge in [-0.05, 0) is 55.8 Å². The molecule has 154 valence electrons. The average molecular weight is 399 g/mol. The van der Waals surface area contributed by atoms with E-state index in [1.807, 2.05) is 36.9 Å². The molecule has 2 aromatic carbocycles. The van der Waals surface area contributed by atoms with Gasteiger partial charge < -0.3 is 24.6 Å². The summed E-state index contributed by atoms with van der Waals surface area (Å²) in [6.07, 6.45) is 0. The molecule has 2 aromatic rings. The van der Waals surface area contributed by atoms with Gasteiger partial charge in [0, 0.05) is 31.9 Å². The number of nitrogens with one attached hydrogen (secondary N) is 1. The summed E-state index contributed by atoms with van der Waals surface area (Å²) in [6.45, 7) is 7.68. The number of hydrogen-bond acceptors (Lipinski definition) is 4. The fourth-order valence-electron chi connectivity index (χ4n) is 3.67. The number of halogens is 1. The third-order valence-corrected chi connectivity index (χ3v) is 5.44. The van der Waals surface area contributed by atoms with Gasteiger partial charge in [-0.25, -0.2) is 9.18 Å². The first-order valence-electron chi connectivity index (χ1n) is 9.90. The van der Waals surface area contributed by atoms with Crippen LogP contribution in [0.2, 0.25) is 0 Å². The zero-order valence-corrected chi connectivity index (χ0v) is 16.8. The van der Waals surface area contributed by atoms with Crippen molar-refractivity contribution in [2.75, 3.05) is 44.3 Å². The van der Waals surface area contributed by atoms with Crippen LogP contribution in [0.15, 0.2) is 42.5 Å². The largest absolute Gasteiger partial charge is 0.486 e.